The molecule has 21 heavy (non-hydrogen) atoms. The summed E-state index contributed by atoms with van der Waals surface area (Å²) in [6.07, 6.45) is -1.05. The first-order chi connectivity index (χ1) is 9.97. The van der Waals surface area contributed by atoms with Gasteiger partial charge in [-0.15, -0.1) is 0 Å². The first-order valence-corrected chi connectivity index (χ1v) is 7.20. The first kappa shape index (κ1) is 16.3. The van der Waals surface area contributed by atoms with Crippen molar-refractivity contribution in [3.8, 4) is 0 Å². The molecule has 2 rings (SSSR count). The average molecular weight is 299 g/mol. The number of halogens is 2. The maximum Gasteiger partial charge on any atom is 0.129 e. The molecule has 118 valence electrons. The molecule has 0 aliphatic carbocycles. The number of benzene rings is 1. The van der Waals surface area contributed by atoms with E-state index in [2.05, 4.69) is 29.2 Å². The second-order valence-electron chi connectivity index (χ2n) is 5.74. The molecular formula is C15H23F2N3O. The van der Waals surface area contributed by atoms with E-state index in [1.165, 1.54) is 0 Å². The van der Waals surface area contributed by atoms with E-state index in [0.29, 0.717) is 12.6 Å². The van der Waals surface area contributed by atoms with Crippen LogP contribution in [0, 0.1) is 11.6 Å². The lowest BCUT2D eigenvalue weighted by molar-refractivity contribution is 0.107. The fourth-order valence-corrected chi connectivity index (χ4v) is 2.59. The van der Waals surface area contributed by atoms with Crippen LogP contribution in [0.3, 0.4) is 0 Å². The fraction of sp³-hybridized carbons (Fsp3) is 0.600. The number of hydrogen-bond acceptors (Lipinski definition) is 4. The maximum absolute atomic E-state index is 13.5. The van der Waals surface area contributed by atoms with E-state index in [9.17, 15) is 13.9 Å². The van der Waals surface area contributed by atoms with Crippen LogP contribution in [0.5, 0.6) is 0 Å². The molecule has 1 heterocycles. The minimum atomic E-state index is -1.05. The highest BCUT2D eigenvalue weighted by Crippen LogP contribution is 2.17. The lowest BCUT2D eigenvalue weighted by atomic mass is 10.1. The lowest BCUT2D eigenvalue weighted by Crippen LogP contribution is -2.54. The summed E-state index contributed by atoms with van der Waals surface area (Å²) >= 11 is 0. The van der Waals surface area contributed by atoms with Gasteiger partial charge in [0.1, 0.15) is 11.6 Å². The molecule has 1 saturated heterocycles. The number of hydrogen-bond donors (Lipinski definition) is 2. The minimum absolute atomic E-state index is 0.00313. The van der Waals surface area contributed by atoms with E-state index in [4.69, 9.17) is 0 Å². The lowest BCUT2D eigenvalue weighted by Gasteiger charge is -2.38. The molecule has 0 aromatic heterocycles. The molecule has 0 spiro atoms. The summed E-state index contributed by atoms with van der Waals surface area (Å²) in [4.78, 5) is 4.52. The van der Waals surface area contributed by atoms with Crippen molar-refractivity contribution >= 4 is 0 Å². The molecule has 4 nitrogen and oxygen atoms in total. The van der Waals surface area contributed by atoms with Gasteiger partial charge < -0.3 is 15.3 Å². The number of likely N-dealkylation sites (N-methyl/N-ethyl adjacent to an activating group) is 2. The number of aliphatic hydroxyl groups is 1. The molecule has 1 aromatic rings. The Labute approximate surface area is 124 Å². The summed E-state index contributed by atoms with van der Waals surface area (Å²) in [6, 6.07) is 3.49. The number of piperazine rings is 1. The summed E-state index contributed by atoms with van der Waals surface area (Å²) in [5, 5.41) is 13.1. The second kappa shape index (κ2) is 7.26. The molecule has 0 bridgehead atoms. The SMILES string of the molecule is CN1CCN(C)C(CNCC(O)c2cc(F)ccc2F)C1. The minimum Gasteiger partial charge on any atom is -0.387 e. The van der Waals surface area contributed by atoms with Crippen molar-refractivity contribution < 1.29 is 13.9 Å². The van der Waals surface area contributed by atoms with Gasteiger partial charge in [0.15, 0.2) is 0 Å². The summed E-state index contributed by atoms with van der Waals surface area (Å²) in [5.74, 6) is -1.13. The summed E-state index contributed by atoms with van der Waals surface area (Å²) < 4.78 is 26.7. The summed E-state index contributed by atoms with van der Waals surface area (Å²) in [5.41, 5.74) is -0.00313. The van der Waals surface area contributed by atoms with Crippen LogP contribution in [0.1, 0.15) is 11.7 Å². The molecule has 0 radical (unpaired) electrons. The Morgan fingerprint density at radius 2 is 2.10 bits per heavy atom. The number of nitrogens with one attached hydrogen (secondary N) is 1. The van der Waals surface area contributed by atoms with E-state index in [1.807, 2.05) is 0 Å². The van der Waals surface area contributed by atoms with Crippen molar-refractivity contribution in [2.24, 2.45) is 0 Å². The van der Waals surface area contributed by atoms with Gasteiger partial charge in [0.2, 0.25) is 0 Å². The van der Waals surface area contributed by atoms with Crippen molar-refractivity contribution in [1.82, 2.24) is 15.1 Å². The van der Waals surface area contributed by atoms with Crippen LogP contribution >= 0.6 is 0 Å². The van der Waals surface area contributed by atoms with Crippen LogP contribution in [-0.4, -0.2) is 67.8 Å². The van der Waals surface area contributed by atoms with Crippen LogP contribution in [0.4, 0.5) is 8.78 Å². The van der Waals surface area contributed by atoms with Crippen molar-refractivity contribution in [3.05, 3.63) is 35.4 Å². The maximum atomic E-state index is 13.5. The summed E-state index contributed by atoms with van der Waals surface area (Å²) in [6.45, 7) is 3.91. The molecule has 2 unspecified atom stereocenters. The topological polar surface area (TPSA) is 38.7 Å². The molecule has 1 aromatic carbocycles. The van der Waals surface area contributed by atoms with E-state index < -0.39 is 17.7 Å². The third kappa shape index (κ3) is 4.44. The average Bonchev–Trinajstić information content (AvgIpc) is 2.45. The van der Waals surface area contributed by atoms with E-state index in [-0.39, 0.29) is 12.1 Å². The number of nitrogens with zero attached hydrogens (tertiary/aromatic N) is 2. The zero-order valence-electron chi connectivity index (χ0n) is 12.5. The van der Waals surface area contributed by atoms with Gasteiger partial charge in [0.25, 0.3) is 0 Å². The van der Waals surface area contributed by atoms with E-state index >= 15 is 0 Å². The van der Waals surface area contributed by atoms with Gasteiger partial charge in [-0.25, -0.2) is 8.78 Å². The largest absolute Gasteiger partial charge is 0.387 e. The predicted octanol–water partition coefficient (Wildman–Crippen LogP) is 0.834. The molecule has 1 aliphatic rings. The second-order valence-corrected chi connectivity index (χ2v) is 5.74. The molecule has 1 fully saturated rings. The monoisotopic (exact) mass is 299 g/mol. The Bertz CT molecular complexity index is 472. The van der Waals surface area contributed by atoms with Crippen molar-refractivity contribution in [2.45, 2.75) is 12.1 Å². The highest BCUT2D eigenvalue weighted by atomic mass is 19.1. The molecule has 0 saturated carbocycles. The molecule has 6 heteroatoms. The van der Waals surface area contributed by atoms with Crippen LogP contribution in [-0.2, 0) is 0 Å². The quantitative estimate of drug-likeness (QED) is 0.845. The Morgan fingerprint density at radius 1 is 1.33 bits per heavy atom. The van der Waals surface area contributed by atoms with Crippen molar-refractivity contribution in [3.63, 3.8) is 0 Å². The Hall–Kier alpha value is -1.08. The standard InChI is InChI=1S/C15H23F2N3O/c1-19-5-6-20(2)12(10-19)8-18-9-15(21)13-7-11(16)3-4-14(13)17/h3-4,7,12,15,18,21H,5-6,8-10H2,1-2H3. The van der Waals surface area contributed by atoms with Gasteiger partial charge in [0, 0.05) is 44.3 Å². The zero-order chi connectivity index (χ0) is 15.4. The Morgan fingerprint density at radius 3 is 2.86 bits per heavy atom. The normalized spacial score (nSPS) is 22.4. The van der Waals surface area contributed by atoms with Crippen LogP contribution in [0.15, 0.2) is 18.2 Å². The molecule has 2 N–H and O–H groups in total. The van der Waals surface area contributed by atoms with Crippen LogP contribution < -0.4 is 5.32 Å². The van der Waals surface area contributed by atoms with Gasteiger partial charge in [-0.1, -0.05) is 0 Å². The van der Waals surface area contributed by atoms with Crippen LogP contribution in [0.25, 0.3) is 0 Å². The first-order valence-electron chi connectivity index (χ1n) is 7.20. The van der Waals surface area contributed by atoms with E-state index in [1.54, 1.807) is 0 Å². The van der Waals surface area contributed by atoms with Crippen molar-refractivity contribution in [2.75, 3.05) is 46.8 Å². The smallest absolute Gasteiger partial charge is 0.129 e. The fourth-order valence-electron chi connectivity index (χ4n) is 2.59. The Balaban J connectivity index is 1.83. The van der Waals surface area contributed by atoms with Gasteiger partial charge in [-0.05, 0) is 32.3 Å². The van der Waals surface area contributed by atoms with Crippen LogP contribution in [0.2, 0.25) is 0 Å². The third-order valence-electron chi connectivity index (χ3n) is 4.01. The highest BCUT2D eigenvalue weighted by molar-refractivity contribution is 5.21. The zero-order valence-corrected chi connectivity index (χ0v) is 12.5. The third-order valence-corrected chi connectivity index (χ3v) is 4.01. The number of rotatable bonds is 5. The van der Waals surface area contributed by atoms with Gasteiger partial charge >= 0.3 is 0 Å². The molecular weight excluding hydrogens is 276 g/mol. The van der Waals surface area contributed by atoms with Crippen molar-refractivity contribution in [1.29, 1.82) is 0 Å². The predicted molar refractivity (Wildman–Crippen MR) is 78.1 cm³/mol. The highest BCUT2D eigenvalue weighted by Gasteiger charge is 2.22. The molecule has 1 aliphatic heterocycles. The van der Waals surface area contributed by atoms with Gasteiger partial charge in [-0.2, -0.15) is 0 Å². The van der Waals surface area contributed by atoms with Gasteiger partial charge in [0.05, 0.1) is 6.10 Å². The van der Waals surface area contributed by atoms with E-state index in [0.717, 1.165) is 37.8 Å². The molecule has 2 atom stereocenters. The number of aliphatic hydroxyl groups excluding tert-OH is 1. The summed E-state index contributed by atoms with van der Waals surface area (Å²) in [7, 11) is 4.15. The van der Waals surface area contributed by atoms with Gasteiger partial charge in [-0.3, -0.25) is 4.90 Å². The molecule has 0 amide bonds. The Kier molecular flexibility index (Phi) is 5.64.